The van der Waals surface area contributed by atoms with E-state index in [2.05, 4.69) is 20.9 Å². The second-order valence-electron chi connectivity index (χ2n) is 6.27. The van der Waals surface area contributed by atoms with Gasteiger partial charge >= 0.3 is 0 Å². The van der Waals surface area contributed by atoms with E-state index in [0.717, 1.165) is 11.1 Å². The highest BCUT2D eigenvalue weighted by atomic mass is 79.9. The molecule has 0 saturated carbocycles. The summed E-state index contributed by atoms with van der Waals surface area (Å²) >= 11 is 4.80. The van der Waals surface area contributed by atoms with Crippen LogP contribution in [0.15, 0.2) is 75.2 Å². The van der Waals surface area contributed by atoms with E-state index in [1.807, 2.05) is 37.3 Å². The molecule has 7 heteroatoms. The third kappa shape index (κ3) is 3.72. The second-order valence-corrected chi connectivity index (χ2v) is 8.06. The van der Waals surface area contributed by atoms with Crippen LogP contribution in [0.2, 0.25) is 0 Å². The third-order valence-corrected chi connectivity index (χ3v) is 5.97. The fraction of sp³-hybridized carbons (Fsp3) is 0.0952. The summed E-state index contributed by atoms with van der Waals surface area (Å²) in [5.74, 6) is 0.756. The van der Waals surface area contributed by atoms with Crippen molar-refractivity contribution in [2.24, 2.45) is 0 Å². The van der Waals surface area contributed by atoms with Gasteiger partial charge in [-0.1, -0.05) is 45.9 Å². The maximum absolute atomic E-state index is 13.4. The molecule has 2 heterocycles. The highest BCUT2D eigenvalue weighted by Gasteiger charge is 2.15. The van der Waals surface area contributed by atoms with Crippen molar-refractivity contribution in [2.45, 2.75) is 17.8 Å². The molecule has 0 aliphatic heterocycles. The first kappa shape index (κ1) is 18.8. The summed E-state index contributed by atoms with van der Waals surface area (Å²) < 4.78 is 15.6. The van der Waals surface area contributed by atoms with Gasteiger partial charge in [-0.15, -0.1) is 0 Å². The number of thioether (sulfide) groups is 1. The Morgan fingerprint density at radius 3 is 2.75 bits per heavy atom. The Bertz CT molecular complexity index is 1240. The number of nitrogens with zero attached hydrogens (tertiary/aromatic N) is 3. The summed E-state index contributed by atoms with van der Waals surface area (Å²) in [5.41, 5.74) is 2.39. The molecule has 0 spiro atoms. The Morgan fingerprint density at radius 2 is 1.96 bits per heavy atom. The first-order chi connectivity index (χ1) is 13.5. The van der Waals surface area contributed by atoms with Gasteiger partial charge in [-0.05, 0) is 54.4 Å². The molecular formula is C21H15BrFN3OS. The smallest absolute Gasteiger partial charge is 0.267 e. The van der Waals surface area contributed by atoms with Crippen LogP contribution < -0.4 is 5.56 Å². The standard InChI is InChI=1S/C21H15BrFN3OS/c1-13-8-9-24-19(10-13)26-20(27)16-4-2-3-5-18(16)25-21(26)28-12-14-6-7-15(23)11-17(14)22/h2-11H,12H2,1H3. The highest BCUT2D eigenvalue weighted by Crippen LogP contribution is 2.28. The van der Waals surface area contributed by atoms with Crippen molar-refractivity contribution < 1.29 is 4.39 Å². The molecule has 0 radical (unpaired) electrons. The van der Waals surface area contributed by atoms with Gasteiger partial charge in [-0.2, -0.15) is 0 Å². The summed E-state index contributed by atoms with van der Waals surface area (Å²) in [7, 11) is 0. The number of aromatic nitrogens is 3. The molecule has 0 atom stereocenters. The topological polar surface area (TPSA) is 47.8 Å². The molecule has 2 aromatic carbocycles. The zero-order chi connectivity index (χ0) is 19.7. The first-order valence-electron chi connectivity index (χ1n) is 8.54. The Morgan fingerprint density at radius 1 is 1.14 bits per heavy atom. The van der Waals surface area contributed by atoms with Gasteiger partial charge in [-0.25, -0.2) is 18.9 Å². The minimum atomic E-state index is -0.301. The van der Waals surface area contributed by atoms with Crippen molar-refractivity contribution in [3.8, 4) is 5.82 Å². The van der Waals surface area contributed by atoms with Gasteiger partial charge in [0.25, 0.3) is 5.56 Å². The molecule has 0 aliphatic rings. The van der Waals surface area contributed by atoms with Crippen molar-refractivity contribution >= 4 is 38.6 Å². The lowest BCUT2D eigenvalue weighted by Crippen LogP contribution is -2.22. The number of aryl methyl sites for hydroxylation is 1. The minimum absolute atomic E-state index is 0.163. The Hall–Kier alpha value is -2.51. The van der Waals surface area contributed by atoms with Crippen LogP contribution in [0.3, 0.4) is 0 Å². The number of pyridine rings is 1. The Kier molecular flexibility index (Phi) is 5.28. The second kappa shape index (κ2) is 7.85. The van der Waals surface area contributed by atoms with Crippen molar-refractivity contribution in [1.29, 1.82) is 0 Å². The van der Waals surface area contributed by atoms with Gasteiger partial charge in [0.1, 0.15) is 11.6 Å². The van der Waals surface area contributed by atoms with Gasteiger partial charge in [0.2, 0.25) is 0 Å². The number of halogens is 2. The zero-order valence-electron chi connectivity index (χ0n) is 14.9. The fourth-order valence-corrected chi connectivity index (χ4v) is 4.52. The summed E-state index contributed by atoms with van der Waals surface area (Å²) in [5, 5.41) is 1.08. The monoisotopic (exact) mass is 455 g/mol. The van der Waals surface area contributed by atoms with Gasteiger partial charge in [0.05, 0.1) is 10.9 Å². The van der Waals surface area contributed by atoms with E-state index < -0.39 is 0 Å². The van der Waals surface area contributed by atoms with Crippen molar-refractivity contribution in [2.75, 3.05) is 0 Å². The number of benzene rings is 2. The largest absolute Gasteiger partial charge is 0.268 e. The van der Waals surface area contributed by atoms with Crippen molar-refractivity contribution in [3.05, 3.63) is 92.6 Å². The number of rotatable bonds is 4. The Labute approximate surface area is 173 Å². The lowest BCUT2D eigenvalue weighted by atomic mass is 10.2. The molecule has 4 nitrogen and oxygen atoms in total. The molecule has 0 saturated heterocycles. The molecule has 0 fully saturated rings. The number of hydrogen-bond donors (Lipinski definition) is 0. The summed E-state index contributed by atoms with van der Waals surface area (Å²) in [4.78, 5) is 22.3. The van der Waals surface area contributed by atoms with E-state index in [4.69, 9.17) is 4.98 Å². The van der Waals surface area contributed by atoms with Gasteiger partial charge in [0, 0.05) is 16.4 Å². The molecule has 0 aliphatic carbocycles. The van der Waals surface area contributed by atoms with Crippen LogP contribution in [0, 0.1) is 12.7 Å². The van der Waals surface area contributed by atoms with E-state index in [1.54, 1.807) is 18.3 Å². The average molecular weight is 456 g/mol. The lowest BCUT2D eigenvalue weighted by molar-refractivity contribution is 0.626. The third-order valence-electron chi connectivity index (χ3n) is 4.25. The molecule has 4 rings (SSSR count). The molecule has 28 heavy (non-hydrogen) atoms. The normalized spacial score (nSPS) is 11.1. The molecular weight excluding hydrogens is 441 g/mol. The van der Waals surface area contributed by atoms with Crippen LogP contribution in [0.25, 0.3) is 16.7 Å². The maximum Gasteiger partial charge on any atom is 0.267 e. The van der Waals surface area contributed by atoms with Crippen LogP contribution in [0.1, 0.15) is 11.1 Å². The highest BCUT2D eigenvalue weighted by molar-refractivity contribution is 9.10. The van der Waals surface area contributed by atoms with Gasteiger partial charge < -0.3 is 0 Å². The Balaban J connectivity index is 1.84. The van der Waals surface area contributed by atoms with E-state index in [1.165, 1.54) is 28.5 Å². The number of para-hydroxylation sites is 1. The predicted molar refractivity (Wildman–Crippen MR) is 114 cm³/mol. The quantitative estimate of drug-likeness (QED) is 0.310. The molecule has 0 N–H and O–H groups in total. The van der Waals surface area contributed by atoms with Crippen LogP contribution >= 0.6 is 27.7 Å². The number of fused-ring (bicyclic) bond motifs is 1. The number of hydrogen-bond acceptors (Lipinski definition) is 4. The molecule has 0 bridgehead atoms. The molecule has 0 unspecified atom stereocenters. The molecule has 4 aromatic rings. The van der Waals surface area contributed by atoms with Gasteiger partial charge in [-0.3, -0.25) is 4.79 Å². The van der Waals surface area contributed by atoms with E-state index in [9.17, 15) is 9.18 Å². The van der Waals surface area contributed by atoms with Crippen LogP contribution in [-0.4, -0.2) is 14.5 Å². The van der Waals surface area contributed by atoms with Crippen molar-refractivity contribution in [1.82, 2.24) is 14.5 Å². The van der Waals surface area contributed by atoms with Crippen LogP contribution in [0.4, 0.5) is 4.39 Å². The molecule has 0 amide bonds. The van der Waals surface area contributed by atoms with Crippen LogP contribution in [-0.2, 0) is 5.75 Å². The maximum atomic E-state index is 13.4. The first-order valence-corrected chi connectivity index (χ1v) is 10.3. The summed E-state index contributed by atoms with van der Waals surface area (Å²) in [6, 6.07) is 15.6. The SMILES string of the molecule is Cc1ccnc(-n2c(SCc3ccc(F)cc3Br)nc3ccccc3c2=O)c1. The molecule has 2 aromatic heterocycles. The van der Waals surface area contributed by atoms with Crippen molar-refractivity contribution in [3.63, 3.8) is 0 Å². The predicted octanol–water partition coefficient (Wildman–Crippen LogP) is 5.28. The fourth-order valence-electron chi connectivity index (χ4n) is 2.83. The van der Waals surface area contributed by atoms with E-state index in [0.29, 0.717) is 32.1 Å². The zero-order valence-corrected chi connectivity index (χ0v) is 17.3. The van der Waals surface area contributed by atoms with E-state index in [-0.39, 0.29) is 11.4 Å². The van der Waals surface area contributed by atoms with E-state index >= 15 is 0 Å². The average Bonchev–Trinajstić information content (AvgIpc) is 2.67. The van der Waals surface area contributed by atoms with Crippen LogP contribution in [0.5, 0.6) is 0 Å². The lowest BCUT2D eigenvalue weighted by Gasteiger charge is -2.13. The summed E-state index contributed by atoms with van der Waals surface area (Å²) in [6.07, 6.45) is 1.68. The van der Waals surface area contributed by atoms with Gasteiger partial charge in [0.15, 0.2) is 5.16 Å². The minimum Gasteiger partial charge on any atom is -0.268 e. The molecule has 140 valence electrons. The summed E-state index contributed by atoms with van der Waals surface area (Å²) in [6.45, 7) is 1.95.